The van der Waals surface area contributed by atoms with Crippen LogP contribution in [0.25, 0.3) is 11.5 Å². The molecule has 0 radical (unpaired) electrons. The fourth-order valence-electron chi connectivity index (χ4n) is 3.72. The van der Waals surface area contributed by atoms with E-state index in [1.54, 1.807) is 6.92 Å². The first-order chi connectivity index (χ1) is 14.2. The summed E-state index contributed by atoms with van der Waals surface area (Å²) >= 11 is 0. The van der Waals surface area contributed by atoms with Crippen LogP contribution in [0, 0.1) is 13.8 Å². The maximum atomic E-state index is 12.5. The van der Waals surface area contributed by atoms with Gasteiger partial charge in [0.2, 0.25) is 11.8 Å². The van der Waals surface area contributed by atoms with E-state index in [-0.39, 0.29) is 5.75 Å². The highest BCUT2D eigenvalue weighted by atomic mass is 32.2. The number of hydrogen-bond acceptors (Lipinski definition) is 6. The van der Waals surface area contributed by atoms with Gasteiger partial charge in [-0.25, -0.2) is 13.4 Å². The van der Waals surface area contributed by atoms with Crippen molar-refractivity contribution >= 4 is 15.7 Å². The van der Waals surface area contributed by atoms with Gasteiger partial charge in [0.25, 0.3) is 0 Å². The SMILES string of the molecule is Cc1ccc(-c2nc(CS(=O)(=O)CC(=O)NCCN3CCCC[C@@H]3C)c(C)o2)cc1. The number of oxazole rings is 1. The minimum Gasteiger partial charge on any atom is -0.441 e. The molecule has 1 N–H and O–H groups in total. The number of piperidine rings is 1. The Morgan fingerprint density at radius 2 is 1.97 bits per heavy atom. The first-order valence-corrected chi connectivity index (χ1v) is 12.3. The van der Waals surface area contributed by atoms with Crippen LogP contribution in [0.1, 0.15) is 43.2 Å². The van der Waals surface area contributed by atoms with Gasteiger partial charge in [-0.05, 0) is 52.3 Å². The normalized spacial score (nSPS) is 17.8. The number of benzene rings is 1. The van der Waals surface area contributed by atoms with Crippen LogP contribution in [0.2, 0.25) is 0 Å². The molecule has 1 aromatic heterocycles. The van der Waals surface area contributed by atoms with Gasteiger partial charge < -0.3 is 9.73 Å². The molecule has 2 aromatic rings. The summed E-state index contributed by atoms with van der Waals surface area (Å²) in [4.78, 5) is 18.8. The van der Waals surface area contributed by atoms with E-state index in [0.717, 1.165) is 24.2 Å². The Morgan fingerprint density at radius 3 is 2.67 bits per heavy atom. The average Bonchev–Trinajstić information content (AvgIpc) is 3.03. The molecule has 0 unspecified atom stereocenters. The van der Waals surface area contributed by atoms with Gasteiger partial charge >= 0.3 is 0 Å². The molecule has 1 aliphatic heterocycles. The van der Waals surface area contributed by atoms with Gasteiger partial charge in [-0.15, -0.1) is 0 Å². The summed E-state index contributed by atoms with van der Waals surface area (Å²) in [6.07, 6.45) is 3.59. The fourth-order valence-corrected chi connectivity index (χ4v) is 5.01. The van der Waals surface area contributed by atoms with Crippen molar-refractivity contribution in [3.05, 3.63) is 41.3 Å². The minimum atomic E-state index is -3.65. The number of nitrogens with zero attached hydrogens (tertiary/aromatic N) is 2. The zero-order valence-electron chi connectivity index (χ0n) is 18.0. The third-order valence-corrected chi connectivity index (χ3v) is 6.98. The molecule has 1 saturated heterocycles. The lowest BCUT2D eigenvalue weighted by molar-refractivity contribution is -0.118. The summed E-state index contributed by atoms with van der Waals surface area (Å²) in [5.41, 5.74) is 2.25. The molecule has 30 heavy (non-hydrogen) atoms. The molecule has 1 fully saturated rings. The van der Waals surface area contributed by atoms with Crippen molar-refractivity contribution in [2.24, 2.45) is 0 Å². The molecule has 7 nitrogen and oxygen atoms in total. The second-order valence-corrected chi connectivity index (χ2v) is 10.2. The molecule has 1 aliphatic rings. The Labute approximate surface area is 178 Å². The maximum absolute atomic E-state index is 12.5. The topological polar surface area (TPSA) is 92.5 Å². The highest BCUT2D eigenvalue weighted by Gasteiger charge is 2.23. The Morgan fingerprint density at radius 1 is 1.23 bits per heavy atom. The van der Waals surface area contributed by atoms with Crippen LogP contribution in [0.3, 0.4) is 0 Å². The molecule has 0 saturated carbocycles. The average molecular weight is 434 g/mol. The number of nitrogens with one attached hydrogen (secondary N) is 1. The number of amides is 1. The minimum absolute atomic E-state index is 0.315. The third kappa shape index (κ3) is 6.15. The molecule has 1 aromatic carbocycles. The number of carbonyl (C=O) groups is 1. The van der Waals surface area contributed by atoms with Crippen LogP contribution in [-0.2, 0) is 20.4 Å². The predicted molar refractivity (Wildman–Crippen MR) is 117 cm³/mol. The zero-order chi connectivity index (χ0) is 21.7. The number of rotatable bonds is 8. The van der Waals surface area contributed by atoms with Crippen LogP contribution < -0.4 is 5.32 Å². The summed E-state index contributed by atoms with van der Waals surface area (Å²) in [5, 5.41) is 2.74. The third-order valence-electron chi connectivity index (χ3n) is 5.56. The van der Waals surface area contributed by atoms with Crippen molar-refractivity contribution < 1.29 is 17.6 Å². The molecule has 0 bridgehead atoms. The first-order valence-electron chi connectivity index (χ1n) is 10.5. The number of likely N-dealkylation sites (tertiary alicyclic amines) is 1. The van der Waals surface area contributed by atoms with E-state index in [2.05, 4.69) is 22.1 Å². The van der Waals surface area contributed by atoms with Gasteiger partial charge in [-0.1, -0.05) is 24.1 Å². The van der Waals surface area contributed by atoms with E-state index in [4.69, 9.17) is 4.42 Å². The number of hydrogen-bond donors (Lipinski definition) is 1. The summed E-state index contributed by atoms with van der Waals surface area (Å²) in [7, 11) is -3.65. The lowest BCUT2D eigenvalue weighted by Crippen LogP contribution is -2.43. The van der Waals surface area contributed by atoms with Crippen LogP contribution in [0.4, 0.5) is 0 Å². The van der Waals surface area contributed by atoms with Gasteiger partial charge in [0.15, 0.2) is 9.84 Å². The van der Waals surface area contributed by atoms with Crippen molar-refractivity contribution in [2.75, 3.05) is 25.4 Å². The number of aromatic nitrogens is 1. The van der Waals surface area contributed by atoms with Crippen LogP contribution >= 0.6 is 0 Å². The smallest absolute Gasteiger partial charge is 0.235 e. The number of carbonyl (C=O) groups excluding carboxylic acids is 1. The second kappa shape index (κ2) is 9.75. The maximum Gasteiger partial charge on any atom is 0.235 e. The molecule has 2 heterocycles. The molecule has 8 heteroatoms. The summed E-state index contributed by atoms with van der Waals surface area (Å²) in [5.74, 6) is -0.495. The van der Waals surface area contributed by atoms with Gasteiger partial charge in [0, 0.05) is 24.7 Å². The van der Waals surface area contributed by atoms with Crippen molar-refractivity contribution in [3.8, 4) is 11.5 Å². The summed E-state index contributed by atoms with van der Waals surface area (Å²) in [6.45, 7) is 8.10. The van der Waals surface area contributed by atoms with E-state index in [0.29, 0.717) is 29.9 Å². The fraction of sp³-hybridized carbons (Fsp3) is 0.545. The van der Waals surface area contributed by atoms with E-state index < -0.39 is 21.5 Å². The van der Waals surface area contributed by atoms with Crippen molar-refractivity contribution in [2.45, 2.75) is 51.8 Å². The van der Waals surface area contributed by atoms with Gasteiger partial charge in [-0.2, -0.15) is 0 Å². The largest absolute Gasteiger partial charge is 0.441 e. The van der Waals surface area contributed by atoms with E-state index in [1.165, 1.54) is 19.3 Å². The Bertz CT molecular complexity index is 967. The Balaban J connectivity index is 1.53. The Kier molecular flexibility index (Phi) is 7.31. The van der Waals surface area contributed by atoms with Crippen LogP contribution in [0.5, 0.6) is 0 Å². The molecule has 0 spiro atoms. The zero-order valence-corrected chi connectivity index (χ0v) is 18.8. The molecular weight excluding hydrogens is 402 g/mol. The van der Waals surface area contributed by atoms with Gasteiger partial charge in [-0.3, -0.25) is 9.69 Å². The number of aryl methyl sites for hydroxylation is 2. The highest BCUT2D eigenvalue weighted by Crippen LogP contribution is 2.23. The summed E-state index contributed by atoms with van der Waals surface area (Å²) < 4.78 is 30.7. The first kappa shape index (κ1) is 22.5. The standard InChI is InChI=1S/C22H31N3O4S/c1-16-7-9-19(10-8-16)22-24-20(18(3)29-22)14-30(27,28)15-21(26)23-11-13-25-12-5-4-6-17(25)2/h7-10,17H,4-6,11-15H2,1-3H3,(H,23,26)/t17-/m0/s1. The predicted octanol–water partition coefficient (Wildman–Crippen LogP) is 2.86. The molecule has 164 valence electrons. The molecule has 3 rings (SSSR count). The molecule has 0 aliphatic carbocycles. The molecular formula is C22H31N3O4S. The monoisotopic (exact) mass is 433 g/mol. The van der Waals surface area contributed by atoms with Crippen LogP contribution in [0.15, 0.2) is 28.7 Å². The van der Waals surface area contributed by atoms with E-state index in [9.17, 15) is 13.2 Å². The van der Waals surface area contributed by atoms with Crippen molar-refractivity contribution in [3.63, 3.8) is 0 Å². The molecule has 1 amide bonds. The summed E-state index contributed by atoms with van der Waals surface area (Å²) in [6, 6.07) is 8.17. The van der Waals surface area contributed by atoms with Crippen molar-refractivity contribution in [1.29, 1.82) is 0 Å². The number of sulfone groups is 1. The quantitative estimate of drug-likeness (QED) is 0.688. The van der Waals surface area contributed by atoms with E-state index >= 15 is 0 Å². The van der Waals surface area contributed by atoms with Gasteiger partial charge in [0.05, 0.1) is 11.4 Å². The van der Waals surface area contributed by atoms with Gasteiger partial charge in [0.1, 0.15) is 11.5 Å². The lowest BCUT2D eigenvalue weighted by Gasteiger charge is -2.33. The molecule has 1 atom stereocenters. The van der Waals surface area contributed by atoms with Crippen molar-refractivity contribution in [1.82, 2.24) is 15.2 Å². The second-order valence-electron chi connectivity index (χ2n) is 8.15. The van der Waals surface area contributed by atoms with Crippen LogP contribution in [-0.4, -0.2) is 55.6 Å². The van der Waals surface area contributed by atoms with E-state index in [1.807, 2.05) is 31.2 Å². The Hall–Kier alpha value is -2.19. The highest BCUT2D eigenvalue weighted by molar-refractivity contribution is 7.91. The lowest BCUT2D eigenvalue weighted by atomic mass is 10.0.